The van der Waals surface area contributed by atoms with Gasteiger partial charge in [0.15, 0.2) is 0 Å². The molecule has 2 rings (SSSR count). The van der Waals surface area contributed by atoms with Crippen molar-refractivity contribution in [1.82, 2.24) is 5.32 Å². The van der Waals surface area contributed by atoms with E-state index < -0.39 is 0 Å². The average molecular weight is 248 g/mol. The lowest BCUT2D eigenvalue weighted by atomic mass is 10.1. The molecule has 0 spiro atoms. The molecule has 1 aromatic rings. The van der Waals surface area contributed by atoms with Crippen molar-refractivity contribution < 1.29 is 9.90 Å². The fourth-order valence-electron chi connectivity index (χ4n) is 2.47. The number of aryl methyl sites for hydroxylation is 1. The van der Waals surface area contributed by atoms with Crippen LogP contribution in [0.2, 0.25) is 0 Å². The van der Waals surface area contributed by atoms with Gasteiger partial charge in [-0.3, -0.25) is 4.79 Å². The molecule has 18 heavy (non-hydrogen) atoms. The van der Waals surface area contributed by atoms with Crippen molar-refractivity contribution in [1.29, 1.82) is 0 Å². The highest BCUT2D eigenvalue weighted by atomic mass is 16.3. The molecule has 1 aliphatic carbocycles. The number of rotatable bonds is 3. The van der Waals surface area contributed by atoms with Gasteiger partial charge < -0.3 is 16.2 Å². The van der Waals surface area contributed by atoms with Crippen molar-refractivity contribution in [3.8, 4) is 5.75 Å². The zero-order valence-electron chi connectivity index (χ0n) is 10.6. The van der Waals surface area contributed by atoms with Gasteiger partial charge in [-0.2, -0.15) is 0 Å². The van der Waals surface area contributed by atoms with Gasteiger partial charge in [0.25, 0.3) is 5.91 Å². The first kappa shape index (κ1) is 12.9. The molecule has 1 fully saturated rings. The molecule has 0 aromatic heterocycles. The van der Waals surface area contributed by atoms with Crippen LogP contribution in [0.25, 0.3) is 0 Å². The summed E-state index contributed by atoms with van der Waals surface area (Å²) in [6, 6.07) is 5.47. The first-order valence-corrected chi connectivity index (χ1v) is 6.40. The number of para-hydroxylation sites is 1. The molecule has 1 aromatic carbocycles. The van der Waals surface area contributed by atoms with Crippen LogP contribution < -0.4 is 11.1 Å². The third-order valence-electron chi connectivity index (χ3n) is 3.62. The van der Waals surface area contributed by atoms with E-state index in [2.05, 4.69) is 5.32 Å². The highest BCUT2D eigenvalue weighted by molar-refractivity contribution is 5.97. The van der Waals surface area contributed by atoms with E-state index in [4.69, 9.17) is 5.73 Å². The van der Waals surface area contributed by atoms with E-state index in [0.29, 0.717) is 23.6 Å². The smallest absolute Gasteiger partial charge is 0.255 e. The van der Waals surface area contributed by atoms with E-state index in [9.17, 15) is 9.90 Å². The Kier molecular flexibility index (Phi) is 3.87. The standard InChI is InChI=1S/C14H20N2O2/c1-9-3-2-4-12(13(9)17)14(18)16-8-10-5-6-11(15)7-10/h2-4,10-11,17H,5-8,15H2,1H3,(H,16,18). The zero-order valence-corrected chi connectivity index (χ0v) is 10.6. The Labute approximate surface area is 107 Å². The molecule has 4 heteroatoms. The molecule has 2 unspecified atom stereocenters. The largest absolute Gasteiger partial charge is 0.507 e. The van der Waals surface area contributed by atoms with E-state index in [-0.39, 0.29) is 17.7 Å². The number of nitrogens with two attached hydrogens (primary N) is 1. The molecule has 1 aliphatic rings. The molecule has 1 amide bonds. The summed E-state index contributed by atoms with van der Waals surface area (Å²) in [5.41, 5.74) is 6.89. The van der Waals surface area contributed by atoms with Gasteiger partial charge in [0.05, 0.1) is 5.56 Å². The predicted molar refractivity (Wildman–Crippen MR) is 70.5 cm³/mol. The van der Waals surface area contributed by atoms with Crippen LogP contribution in [0.5, 0.6) is 5.75 Å². The van der Waals surface area contributed by atoms with Crippen molar-refractivity contribution in [2.45, 2.75) is 32.2 Å². The van der Waals surface area contributed by atoms with Gasteiger partial charge in [-0.25, -0.2) is 0 Å². The first-order chi connectivity index (χ1) is 8.58. The maximum Gasteiger partial charge on any atom is 0.255 e. The van der Waals surface area contributed by atoms with Gasteiger partial charge in [-0.05, 0) is 43.7 Å². The minimum atomic E-state index is -0.211. The topological polar surface area (TPSA) is 75.4 Å². The number of aromatic hydroxyl groups is 1. The molecule has 0 bridgehead atoms. The number of nitrogens with one attached hydrogen (secondary N) is 1. The Morgan fingerprint density at radius 2 is 2.28 bits per heavy atom. The predicted octanol–water partition coefficient (Wildman–Crippen LogP) is 1.56. The normalized spacial score (nSPS) is 23.0. The Balaban J connectivity index is 1.94. The second kappa shape index (κ2) is 5.40. The Hall–Kier alpha value is -1.55. The van der Waals surface area contributed by atoms with E-state index in [0.717, 1.165) is 19.3 Å². The van der Waals surface area contributed by atoms with Gasteiger partial charge in [0.2, 0.25) is 0 Å². The number of phenols is 1. The van der Waals surface area contributed by atoms with Gasteiger partial charge >= 0.3 is 0 Å². The number of hydrogen-bond donors (Lipinski definition) is 3. The highest BCUT2D eigenvalue weighted by Crippen LogP contribution is 2.24. The maximum atomic E-state index is 12.0. The summed E-state index contributed by atoms with van der Waals surface area (Å²) in [6.07, 6.45) is 3.08. The number of benzene rings is 1. The molecular formula is C14H20N2O2. The summed E-state index contributed by atoms with van der Waals surface area (Å²) in [7, 11) is 0. The Bertz CT molecular complexity index is 445. The summed E-state index contributed by atoms with van der Waals surface area (Å²) in [4.78, 5) is 12.0. The third kappa shape index (κ3) is 2.82. The van der Waals surface area contributed by atoms with Gasteiger partial charge in [-0.1, -0.05) is 12.1 Å². The monoisotopic (exact) mass is 248 g/mol. The molecule has 4 N–H and O–H groups in total. The lowest BCUT2D eigenvalue weighted by molar-refractivity contribution is 0.0944. The molecule has 1 saturated carbocycles. The number of carbonyl (C=O) groups is 1. The molecule has 0 heterocycles. The van der Waals surface area contributed by atoms with Crippen LogP contribution in [0.3, 0.4) is 0 Å². The Morgan fingerprint density at radius 1 is 1.50 bits per heavy atom. The molecule has 0 saturated heterocycles. The van der Waals surface area contributed by atoms with Crippen molar-refractivity contribution in [2.24, 2.45) is 11.7 Å². The van der Waals surface area contributed by atoms with Crippen LogP contribution in [0.15, 0.2) is 18.2 Å². The SMILES string of the molecule is Cc1cccc(C(=O)NCC2CCC(N)C2)c1O. The quantitative estimate of drug-likeness (QED) is 0.759. The van der Waals surface area contributed by atoms with Crippen LogP contribution in [-0.4, -0.2) is 23.6 Å². The number of phenolic OH excluding ortho intramolecular Hbond substituents is 1. The molecule has 98 valence electrons. The minimum Gasteiger partial charge on any atom is -0.507 e. The molecule has 0 radical (unpaired) electrons. The zero-order chi connectivity index (χ0) is 13.1. The number of carbonyl (C=O) groups excluding carboxylic acids is 1. The van der Waals surface area contributed by atoms with E-state index in [1.165, 1.54) is 0 Å². The summed E-state index contributed by atoms with van der Waals surface area (Å²) >= 11 is 0. The second-order valence-electron chi connectivity index (χ2n) is 5.12. The summed E-state index contributed by atoms with van der Waals surface area (Å²) in [5, 5.41) is 12.7. The molecule has 4 nitrogen and oxygen atoms in total. The third-order valence-corrected chi connectivity index (χ3v) is 3.62. The van der Waals surface area contributed by atoms with Gasteiger partial charge in [0.1, 0.15) is 5.75 Å². The van der Waals surface area contributed by atoms with E-state index in [1.54, 1.807) is 25.1 Å². The number of amides is 1. The van der Waals surface area contributed by atoms with Crippen molar-refractivity contribution in [3.63, 3.8) is 0 Å². The van der Waals surface area contributed by atoms with Crippen molar-refractivity contribution in [2.75, 3.05) is 6.54 Å². The van der Waals surface area contributed by atoms with E-state index >= 15 is 0 Å². The fourth-order valence-corrected chi connectivity index (χ4v) is 2.47. The van der Waals surface area contributed by atoms with Crippen molar-refractivity contribution >= 4 is 5.91 Å². The van der Waals surface area contributed by atoms with Crippen LogP contribution in [0.1, 0.15) is 35.2 Å². The average Bonchev–Trinajstić information content (AvgIpc) is 2.76. The molecule has 2 atom stereocenters. The van der Waals surface area contributed by atoms with E-state index in [1.807, 2.05) is 0 Å². The lowest BCUT2D eigenvalue weighted by Crippen LogP contribution is -2.29. The van der Waals surface area contributed by atoms with Crippen LogP contribution >= 0.6 is 0 Å². The number of hydrogen-bond acceptors (Lipinski definition) is 3. The fraction of sp³-hybridized carbons (Fsp3) is 0.500. The van der Waals surface area contributed by atoms with Crippen LogP contribution in [-0.2, 0) is 0 Å². The van der Waals surface area contributed by atoms with Crippen LogP contribution in [0, 0.1) is 12.8 Å². The lowest BCUT2D eigenvalue weighted by Gasteiger charge is -2.12. The Morgan fingerprint density at radius 3 is 2.94 bits per heavy atom. The molecular weight excluding hydrogens is 228 g/mol. The molecule has 0 aliphatic heterocycles. The van der Waals surface area contributed by atoms with Crippen LogP contribution in [0.4, 0.5) is 0 Å². The maximum absolute atomic E-state index is 12.0. The van der Waals surface area contributed by atoms with Gasteiger partial charge in [0, 0.05) is 12.6 Å². The summed E-state index contributed by atoms with van der Waals surface area (Å²) in [5.74, 6) is 0.325. The highest BCUT2D eigenvalue weighted by Gasteiger charge is 2.22. The van der Waals surface area contributed by atoms with Crippen molar-refractivity contribution in [3.05, 3.63) is 29.3 Å². The summed E-state index contributed by atoms with van der Waals surface area (Å²) < 4.78 is 0. The van der Waals surface area contributed by atoms with Gasteiger partial charge in [-0.15, -0.1) is 0 Å². The minimum absolute atomic E-state index is 0.0677. The second-order valence-corrected chi connectivity index (χ2v) is 5.12. The summed E-state index contributed by atoms with van der Waals surface area (Å²) in [6.45, 7) is 2.42. The first-order valence-electron chi connectivity index (χ1n) is 6.40.